The summed E-state index contributed by atoms with van der Waals surface area (Å²) in [5, 5.41) is 0. The predicted octanol–water partition coefficient (Wildman–Crippen LogP) is 0.881. The van der Waals surface area contributed by atoms with E-state index in [-0.39, 0.29) is 5.41 Å². The summed E-state index contributed by atoms with van der Waals surface area (Å²) in [5.74, 6) is 1.40. The van der Waals surface area contributed by atoms with Gasteiger partial charge in [-0.1, -0.05) is 0 Å². The second-order valence-corrected chi connectivity index (χ2v) is 6.58. The maximum absolute atomic E-state index is 12.8. The molecule has 22 heavy (non-hydrogen) atoms. The molecule has 2 aliphatic rings. The molecule has 1 unspecified atom stereocenters. The molecule has 1 aromatic rings. The van der Waals surface area contributed by atoms with Crippen LogP contribution in [0, 0.1) is 5.41 Å². The fraction of sp³-hybridized carbons (Fsp3) is 0.750. The normalized spacial score (nSPS) is 26.3. The van der Waals surface area contributed by atoms with Crippen molar-refractivity contribution in [2.45, 2.75) is 25.8 Å². The van der Waals surface area contributed by atoms with Crippen LogP contribution < -0.4 is 0 Å². The van der Waals surface area contributed by atoms with Gasteiger partial charge in [-0.15, -0.1) is 0 Å². The number of aryl methyl sites for hydroxylation is 1. The molecule has 1 amide bonds. The second kappa shape index (κ2) is 6.38. The van der Waals surface area contributed by atoms with Crippen LogP contribution in [0.1, 0.15) is 25.1 Å². The molecule has 3 heterocycles. The molecule has 2 fully saturated rings. The zero-order chi connectivity index (χ0) is 15.6. The van der Waals surface area contributed by atoms with Crippen molar-refractivity contribution in [1.82, 2.24) is 19.4 Å². The SMILES string of the molecule is COCCN1CCC2(CCCN(Cc3nccn3C)C2)C1=O. The summed E-state index contributed by atoms with van der Waals surface area (Å²) >= 11 is 0. The molecule has 0 aliphatic carbocycles. The van der Waals surface area contributed by atoms with Crippen LogP contribution in [-0.4, -0.2) is 65.2 Å². The summed E-state index contributed by atoms with van der Waals surface area (Å²) in [6.07, 6.45) is 6.90. The molecule has 1 aromatic heterocycles. The lowest BCUT2D eigenvalue weighted by molar-refractivity contribution is -0.139. The largest absolute Gasteiger partial charge is 0.383 e. The van der Waals surface area contributed by atoms with Crippen LogP contribution in [0.25, 0.3) is 0 Å². The van der Waals surface area contributed by atoms with Gasteiger partial charge in [0.05, 0.1) is 18.6 Å². The molecular weight excluding hydrogens is 280 g/mol. The highest BCUT2D eigenvalue weighted by Gasteiger charge is 2.48. The molecule has 3 rings (SSSR count). The van der Waals surface area contributed by atoms with E-state index in [2.05, 4.69) is 14.5 Å². The van der Waals surface area contributed by atoms with Crippen LogP contribution in [0.3, 0.4) is 0 Å². The van der Waals surface area contributed by atoms with Gasteiger partial charge in [0.25, 0.3) is 0 Å². The lowest BCUT2D eigenvalue weighted by atomic mass is 9.78. The van der Waals surface area contributed by atoms with Crippen LogP contribution >= 0.6 is 0 Å². The van der Waals surface area contributed by atoms with Crippen LogP contribution in [0.4, 0.5) is 0 Å². The van der Waals surface area contributed by atoms with Crippen molar-refractivity contribution in [3.8, 4) is 0 Å². The minimum absolute atomic E-state index is 0.169. The van der Waals surface area contributed by atoms with E-state index in [9.17, 15) is 4.79 Å². The Labute approximate surface area is 132 Å². The second-order valence-electron chi connectivity index (χ2n) is 6.58. The quantitative estimate of drug-likeness (QED) is 0.810. The predicted molar refractivity (Wildman–Crippen MR) is 83.2 cm³/mol. The number of carbonyl (C=O) groups excluding carboxylic acids is 1. The number of aromatic nitrogens is 2. The molecule has 0 saturated carbocycles. The summed E-state index contributed by atoms with van der Waals surface area (Å²) in [6, 6.07) is 0. The Morgan fingerprint density at radius 2 is 2.23 bits per heavy atom. The number of imidazole rings is 1. The Morgan fingerprint density at radius 1 is 1.36 bits per heavy atom. The third kappa shape index (κ3) is 2.90. The molecule has 0 bridgehead atoms. The highest BCUT2D eigenvalue weighted by atomic mass is 16.5. The topological polar surface area (TPSA) is 50.6 Å². The molecule has 6 nitrogen and oxygen atoms in total. The average Bonchev–Trinajstić information content (AvgIpc) is 3.04. The first-order valence-corrected chi connectivity index (χ1v) is 8.11. The number of nitrogens with zero attached hydrogens (tertiary/aromatic N) is 4. The number of hydrogen-bond donors (Lipinski definition) is 0. The third-order valence-electron chi connectivity index (χ3n) is 5.11. The van der Waals surface area contributed by atoms with E-state index in [1.54, 1.807) is 7.11 Å². The number of amides is 1. The molecule has 2 aliphatic heterocycles. The van der Waals surface area contributed by atoms with Gasteiger partial charge in [-0.2, -0.15) is 0 Å². The van der Waals surface area contributed by atoms with Gasteiger partial charge in [-0.25, -0.2) is 4.98 Å². The van der Waals surface area contributed by atoms with Gasteiger partial charge in [0, 0.05) is 46.2 Å². The number of methoxy groups -OCH3 is 1. The van der Waals surface area contributed by atoms with Gasteiger partial charge in [0.15, 0.2) is 0 Å². The Balaban J connectivity index is 1.65. The third-order valence-corrected chi connectivity index (χ3v) is 5.11. The number of carbonyl (C=O) groups is 1. The zero-order valence-corrected chi connectivity index (χ0v) is 13.6. The summed E-state index contributed by atoms with van der Waals surface area (Å²) in [7, 11) is 3.71. The fourth-order valence-electron chi connectivity index (χ4n) is 3.80. The zero-order valence-electron chi connectivity index (χ0n) is 13.6. The maximum Gasteiger partial charge on any atom is 0.230 e. The number of rotatable bonds is 5. The van der Waals surface area contributed by atoms with Gasteiger partial charge in [0.2, 0.25) is 5.91 Å². The molecule has 0 N–H and O–H groups in total. The molecule has 2 saturated heterocycles. The number of ether oxygens (including phenoxy) is 1. The number of likely N-dealkylation sites (tertiary alicyclic amines) is 2. The summed E-state index contributed by atoms with van der Waals surface area (Å²) in [6.45, 7) is 4.96. The van der Waals surface area contributed by atoms with E-state index in [0.717, 1.165) is 57.8 Å². The van der Waals surface area contributed by atoms with Crippen LogP contribution in [0.15, 0.2) is 12.4 Å². The highest BCUT2D eigenvalue weighted by Crippen LogP contribution is 2.40. The molecular formula is C16H26N4O2. The Morgan fingerprint density at radius 3 is 2.95 bits per heavy atom. The maximum atomic E-state index is 12.8. The summed E-state index contributed by atoms with van der Waals surface area (Å²) in [4.78, 5) is 21.6. The molecule has 6 heteroatoms. The fourth-order valence-corrected chi connectivity index (χ4v) is 3.80. The van der Waals surface area contributed by atoms with Crippen molar-refractivity contribution in [2.75, 3.05) is 39.9 Å². The van der Waals surface area contributed by atoms with E-state index in [0.29, 0.717) is 12.5 Å². The minimum Gasteiger partial charge on any atom is -0.383 e. The molecule has 1 spiro atoms. The Kier molecular flexibility index (Phi) is 4.49. The lowest BCUT2D eigenvalue weighted by Crippen LogP contribution is -2.48. The van der Waals surface area contributed by atoms with Gasteiger partial charge < -0.3 is 14.2 Å². The monoisotopic (exact) mass is 306 g/mol. The molecule has 1 atom stereocenters. The lowest BCUT2D eigenvalue weighted by Gasteiger charge is -2.38. The first-order chi connectivity index (χ1) is 10.6. The van der Waals surface area contributed by atoms with Gasteiger partial charge in [-0.3, -0.25) is 9.69 Å². The first kappa shape index (κ1) is 15.5. The summed E-state index contributed by atoms with van der Waals surface area (Å²) < 4.78 is 7.18. The van der Waals surface area contributed by atoms with Gasteiger partial charge in [0.1, 0.15) is 5.82 Å². The summed E-state index contributed by atoms with van der Waals surface area (Å²) in [5.41, 5.74) is -0.169. The van der Waals surface area contributed by atoms with Crippen molar-refractivity contribution in [2.24, 2.45) is 12.5 Å². The molecule has 0 aromatic carbocycles. The van der Waals surface area contributed by atoms with Crippen LogP contribution in [-0.2, 0) is 23.1 Å². The van der Waals surface area contributed by atoms with Crippen molar-refractivity contribution in [1.29, 1.82) is 0 Å². The van der Waals surface area contributed by atoms with Crippen molar-refractivity contribution in [3.63, 3.8) is 0 Å². The Hall–Kier alpha value is -1.40. The van der Waals surface area contributed by atoms with E-state index < -0.39 is 0 Å². The van der Waals surface area contributed by atoms with Crippen molar-refractivity contribution >= 4 is 5.91 Å². The van der Waals surface area contributed by atoms with Crippen LogP contribution in [0.2, 0.25) is 0 Å². The standard InChI is InChI=1S/C16H26N4O2/c1-18-9-6-17-14(18)12-19-7-3-4-16(13-19)5-8-20(15(16)21)10-11-22-2/h6,9H,3-5,7-8,10-13H2,1-2H3. The first-order valence-electron chi connectivity index (χ1n) is 8.11. The van der Waals surface area contributed by atoms with Crippen molar-refractivity contribution < 1.29 is 9.53 Å². The Bertz CT molecular complexity index is 530. The van der Waals surface area contributed by atoms with Gasteiger partial charge >= 0.3 is 0 Å². The number of piperidine rings is 1. The van der Waals surface area contributed by atoms with E-state index in [4.69, 9.17) is 4.74 Å². The van der Waals surface area contributed by atoms with E-state index >= 15 is 0 Å². The highest BCUT2D eigenvalue weighted by molar-refractivity contribution is 5.85. The molecule has 0 radical (unpaired) electrons. The van der Waals surface area contributed by atoms with Crippen molar-refractivity contribution in [3.05, 3.63) is 18.2 Å². The number of hydrogen-bond acceptors (Lipinski definition) is 4. The smallest absolute Gasteiger partial charge is 0.230 e. The minimum atomic E-state index is -0.169. The van der Waals surface area contributed by atoms with Gasteiger partial charge in [-0.05, 0) is 25.8 Å². The van der Waals surface area contributed by atoms with E-state index in [1.165, 1.54) is 0 Å². The average molecular weight is 306 g/mol. The van der Waals surface area contributed by atoms with E-state index in [1.807, 2.05) is 24.3 Å². The van der Waals surface area contributed by atoms with Crippen LogP contribution in [0.5, 0.6) is 0 Å². The molecule has 122 valence electrons.